The first-order chi connectivity index (χ1) is 7.75. The van der Waals surface area contributed by atoms with Crippen molar-refractivity contribution >= 4 is 0 Å². The Morgan fingerprint density at radius 1 is 1.31 bits per heavy atom. The van der Waals surface area contributed by atoms with Crippen LogP contribution in [0.3, 0.4) is 0 Å². The molecule has 0 radical (unpaired) electrons. The van der Waals surface area contributed by atoms with E-state index >= 15 is 0 Å². The zero-order valence-electron chi connectivity index (χ0n) is 10.3. The zero-order chi connectivity index (χ0) is 11.4. The van der Waals surface area contributed by atoms with Gasteiger partial charge in [-0.2, -0.15) is 0 Å². The fourth-order valence-corrected chi connectivity index (χ4v) is 2.45. The minimum Gasteiger partial charge on any atom is -0.389 e. The number of ether oxygens (including phenoxy) is 1. The van der Waals surface area contributed by atoms with Crippen LogP contribution in [0.1, 0.15) is 39.0 Å². The molecule has 2 saturated carbocycles. The molecule has 3 nitrogen and oxygen atoms in total. The predicted octanol–water partition coefficient (Wildman–Crippen LogP) is 1.55. The Morgan fingerprint density at radius 3 is 2.75 bits per heavy atom. The van der Waals surface area contributed by atoms with Crippen LogP contribution in [0, 0.1) is 11.8 Å². The second kappa shape index (κ2) is 5.99. The summed E-state index contributed by atoms with van der Waals surface area (Å²) in [6.07, 6.45) is 6.20. The van der Waals surface area contributed by atoms with Gasteiger partial charge < -0.3 is 15.2 Å². The molecule has 2 fully saturated rings. The second-order valence-electron chi connectivity index (χ2n) is 5.56. The molecule has 2 N–H and O–H groups in total. The van der Waals surface area contributed by atoms with Crippen LogP contribution < -0.4 is 5.32 Å². The third kappa shape index (κ3) is 4.04. The molecule has 0 saturated heterocycles. The summed E-state index contributed by atoms with van der Waals surface area (Å²) in [5, 5.41) is 13.2. The lowest BCUT2D eigenvalue weighted by atomic mass is 10.1. The number of nitrogens with one attached hydrogen (secondary N) is 1. The van der Waals surface area contributed by atoms with E-state index in [9.17, 15) is 5.11 Å². The van der Waals surface area contributed by atoms with Crippen molar-refractivity contribution in [3.05, 3.63) is 0 Å². The molecule has 0 aromatic carbocycles. The van der Waals surface area contributed by atoms with Crippen LogP contribution in [0.5, 0.6) is 0 Å². The van der Waals surface area contributed by atoms with Crippen molar-refractivity contribution in [2.24, 2.45) is 11.8 Å². The molecule has 2 aliphatic rings. The van der Waals surface area contributed by atoms with Crippen molar-refractivity contribution in [1.82, 2.24) is 5.32 Å². The maximum Gasteiger partial charge on any atom is 0.0897 e. The maximum atomic E-state index is 9.74. The highest BCUT2D eigenvalue weighted by Gasteiger charge is 2.24. The minimum atomic E-state index is -0.341. The van der Waals surface area contributed by atoms with E-state index in [1.807, 2.05) is 0 Å². The van der Waals surface area contributed by atoms with Gasteiger partial charge in [0.15, 0.2) is 0 Å². The van der Waals surface area contributed by atoms with Crippen molar-refractivity contribution in [2.75, 3.05) is 19.8 Å². The van der Waals surface area contributed by atoms with E-state index in [0.29, 0.717) is 19.2 Å². The van der Waals surface area contributed by atoms with Gasteiger partial charge in [0.25, 0.3) is 0 Å². The van der Waals surface area contributed by atoms with Crippen molar-refractivity contribution in [3.8, 4) is 0 Å². The summed E-state index contributed by atoms with van der Waals surface area (Å²) in [4.78, 5) is 0. The summed E-state index contributed by atoms with van der Waals surface area (Å²) < 4.78 is 5.47. The third-order valence-electron chi connectivity index (χ3n) is 3.84. The molecule has 16 heavy (non-hydrogen) atoms. The highest BCUT2D eigenvalue weighted by molar-refractivity contribution is 4.81. The molecular formula is C13H25NO2. The van der Waals surface area contributed by atoms with Crippen LogP contribution >= 0.6 is 0 Å². The van der Waals surface area contributed by atoms with Gasteiger partial charge in [-0.05, 0) is 37.5 Å². The molecule has 3 heteroatoms. The number of rotatable bonds is 7. The van der Waals surface area contributed by atoms with E-state index in [-0.39, 0.29) is 6.10 Å². The second-order valence-corrected chi connectivity index (χ2v) is 5.56. The molecule has 0 aromatic rings. The van der Waals surface area contributed by atoms with Crippen LogP contribution in [0.4, 0.5) is 0 Å². The SMILES string of the molecule is CC1CCCC1NCC(O)COCC1CC1. The average Bonchev–Trinajstić information content (AvgIpc) is 2.99. The Morgan fingerprint density at radius 2 is 2.12 bits per heavy atom. The van der Waals surface area contributed by atoms with E-state index in [0.717, 1.165) is 18.4 Å². The maximum absolute atomic E-state index is 9.74. The van der Waals surface area contributed by atoms with Crippen molar-refractivity contribution in [3.63, 3.8) is 0 Å². The van der Waals surface area contributed by atoms with E-state index in [1.54, 1.807) is 0 Å². The standard InChI is InChI=1S/C13H25NO2/c1-10-3-2-4-13(10)14-7-12(15)9-16-8-11-5-6-11/h10-15H,2-9H2,1H3. The molecule has 3 atom stereocenters. The fraction of sp³-hybridized carbons (Fsp3) is 1.00. The monoisotopic (exact) mass is 227 g/mol. The zero-order valence-corrected chi connectivity index (χ0v) is 10.3. The van der Waals surface area contributed by atoms with Crippen LogP contribution in [0.2, 0.25) is 0 Å². The van der Waals surface area contributed by atoms with Gasteiger partial charge in [-0.25, -0.2) is 0 Å². The summed E-state index contributed by atoms with van der Waals surface area (Å²) in [5.74, 6) is 1.55. The van der Waals surface area contributed by atoms with Gasteiger partial charge in [0.1, 0.15) is 0 Å². The van der Waals surface area contributed by atoms with Crippen LogP contribution in [-0.2, 0) is 4.74 Å². The molecule has 2 rings (SSSR count). The highest BCUT2D eigenvalue weighted by Crippen LogP contribution is 2.28. The summed E-state index contributed by atoms with van der Waals surface area (Å²) >= 11 is 0. The molecule has 2 aliphatic carbocycles. The molecule has 0 heterocycles. The topological polar surface area (TPSA) is 41.5 Å². The summed E-state index contributed by atoms with van der Waals surface area (Å²) in [6, 6.07) is 0.609. The number of aliphatic hydroxyl groups excluding tert-OH is 1. The van der Waals surface area contributed by atoms with Crippen LogP contribution in [0.25, 0.3) is 0 Å². The van der Waals surface area contributed by atoms with E-state index in [2.05, 4.69) is 12.2 Å². The first kappa shape index (κ1) is 12.3. The van der Waals surface area contributed by atoms with Crippen molar-refractivity contribution in [1.29, 1.82) is 0 Å². The lowest BCUT2D eigenvalue weighted by Crippen LogP contribution is -2.38. The van der Waals surface area contributed by atoms with Gasteiger partial charge in [0, 0.05) is 19.2 Å². The summed E-state index contributed by atoms with van der Waals surface area (Å²) in [7, 11) is 0. The summed E-state index contributed by atoms with van der Waals surface area (Å²) in [5.41, 5.74) is 0. The molecule has 3 unspecified atom stereocenters. The predicted molar refractivity (Wildman–Crippen MR) is 64.4 cm³/mol. The largest absolute Gasteiger partial charge is 0.389 e. The molecule has 0 amide bonds. The van der Waals surface area contributed by atoms with Crippen molar-refractivity contribution in [2.45, 2.75) is 51.2 Å². The first-order valence-corrected chi connectivity index (χ1v) is 6.75. The Bertz CT molecular complexity index is 206. The average molecular weight is 227 g/mol. The fourth-order valence-electron chi connectivity index (χ4n) is 2.45. The molecule has 0 bridgehead atoms. The van der Waals surface area contributed by atoms with E-state index < -0.39 is 0 Å². The molecule has 0 aliphatic heterocycles. The quantitative estimate of drug-likeness (QED) is 0.693. The van der Waals surface area contributed by atoms with Gasteiger partial charge in [-0.3, -0.25) is 0 Å². The number of aliphatic hydroxyl groups is 1. The number of hydrogen-bond donors (Lipinski definition) is 2. The molecule has 94 valence electrons. The van der Waals surface area contributed by atoms with E-state index in [4.69, 9.17) is 4.74 Å². The highest BCUT2D eigenvalue weighted by atomic mass is 16.5. The van der Waals surface area contributed by atoms with Gasteiger partial charge >= 0.3 is 0 Å². The normalized spacial score (nSPS) is 31.9. The Labute approximate surface area is 98.6 Å². The Hall–Kier alpha value is -0.120. The van der Waals surface area contributed by atoms with Crippen LogP contribution in [-0.4, -0.2) is 37.0 Å². The van der Waals surface area contributed by atoms with Crippen molar-refractivity contribution < 1.29 is 9.84 Å². The summed E-state index contributed by atoms with van der Waals surface area (Å²) in [6.45, 7) is 4.31. The smallest absolute Gasteiger partial charge is 0.0897 e. The molecule has 0 spiro atoms. The molecular weight excluding hydrogens is 202 g/mol. The third-order valence-corrected chi connectivity index (χ3v) is 3.84. The minimum absolute atomic E-state index is 0.341. The van der Waals surface area contributed by atoms with Gasteiger partial charge in [0.05, 0.1) is 12.7 Å². The molecule has 0 aromatic heterocycles. The Kier molecular flexibility index (Phi) is 4.62. The van der Waals surface area contributed by atoms with Gasteiger partial charge in [0.2, 0.25) is 0 Å². The van der Waals surface area contributed by atoms with Crippen LogP contribution in [0.15, 0.2) is 0 Å². The Balaban J connectivity index is 1.50. The van der Waals surface area contributed by atoms with Gasteiger partial charge in [-0.15, -0.1) is 0 Å². The first-order valence-electron chi connectivity index (χ1n) is 6.75. The van der Waals surface area contributed by atoms with E-state index in [1.165, 1.54) is 32.1 Å². The lowest BCUT2D eigenvalue weighted by Gasteiger charge is -2.19. The number of hydrogen-bond acceptors (Lipinski definition) is 3. The van der Waals surface area contributed by atoms with Gasteiger partial charge in [-0.1, -0.05) is 13.3 Å². The lowest BCUT2D eigenvalue weighted by molar-refractivity contribution is 0.0308.